The second kappa shape index (κ2) is 8.78. The van der Waals surface area contributed by atoms with Crippen LogP contribution >= 0.6 is 11.8 Å². The first kappa shape index (κ1) is 17.6. The number of rotatable bonds is 9. The number of aromatic nitrogens is 2. The summed E-state index contributed by atoms with van der Waals surface area (Å²) in [5, 5.41) is 14.7. The molecule has 1 heterocycles. The second-order valence-corrected chi connectivity index (χ2v) is 5.53. The van der Waals surface area contributed by atoms with Gasteiger partial charge in [0, 0.05) is 18.8 Å². The highest BCUT2D eigenvalue weighted by molar-refractivity contribution is 7.99. The van der Waals surface area contributed by atoms with Gasteiger partial charge in [0.1, 0.15) is 5.69 Å². The van der Waals surface area contributed by atoms with Gasteiger partial charge in [0.25, 0.3) is 0 Å². The van der Waals surface area contributed by atoms with Gasteiger partial charge in [-0.3, -0.25) is 10.1 Å². The maximum Gasteiger partial charge on any atom is 0.322 e. The summed E-state index contributed by atoms with van der Waals surface area (Å²) in [5.41, 5.74) is 0.414. The summed E-state index contributed by atoms with van der Waals surface area (Å²) < 4.78 is 0. The molecule has 0 radical (unpaired) electrons. The maximum atomic E-state index is 11.2. The van der Waals surface area contributed by atoms with Crippen LogP contribution in [-0.4, -0.2) is 51.7 Å². The number of nitro groups is 1. The number of hydrogen-bond donors (Lipinski definition) is 1. The van der Waals surface area contributed by atoms with Crippen molar-refractivity contribution in [2.45, 2.75) is 32.7 Å². The summed E-state index contributed by atoms with van der Waals surface area (Å²) in [7, 11) is 0. The molecule has 0 amide bonds. The Kier molecular flexibility index (Phi) is 7.38. The zero-order valence-electron chi connectivity index (χ0n) is 13.0. The fourth-order valence-corrected chi connectivity index (χ4v) is 2.95. The lowest BCUT2D eigenvalue weighted by molar-refractivity contribution is -0.389. The van der Waals surface area contributed by atoms with Gasteiger partial charge in [0.05, 0.1) is 4.92 Å². The third-order valence-electron chi connectivity index (χ3n) is 3.08. The number of aryl methyl sites for hydroxylation is 1. The standard InChI is InChI=1S/C13H23N5O2S/c1-5-14-13-15-10(4)11(18(19)20)12(16-13)21-9-8-17(6-2)7-3/h5-9H2,1-4H3,(H,14,15,16). The molecular formula is C13H23N5O2S. The van der Waals surface area contributed by atoms with Crippen molar-refractivity contribution < 1.29 is 4.92 Å². The molecule has 0 spiro atoms. The highest BCUT2D eigenvalue weighted by atomic mass is 32.2. The topological polar surface area (TPSA) is 84.2 Å². The molecule has 8 heteroatoms. The van der Waals surface area contributed by atoms with Crippen LogP contribution in [0.15, 0.2) is 5.03 Å². The predicted molar refractivity (Wildman–Crippen MR) is 86.1 cm³/mol. The van der Waals surface area contributed by atoms with Crippen LogP contribution in [0.25, 0.3) is 0 Å². The lowest BCUT2D eigenvalue weighted by Crippen LogP contribution is -2.25. The Morgan fingerprint density at radius 1 is 1.29 bits per heavy atom. The van der Waals surface area contributed by atoms with Crippen molar-refractivity contribution in [1.82, 2.24) is 14.9 Å². The molecule has 1 rings (SSSR count). The van der Waals surface area contributed by atoms with Crippen molar-refractivity contribution in [2.75, 3.05) is 37.2 Å². The highest BCUT2D eigenvalue weighted by Crippen LogP contribution is 2.30. The Morgan fingerprint density at radius 2 is 1.95 bits per heavy atom. The van der Waals surface area contributed by atoms with Gasteiger partial charge in [0.15, 0.2) is 5.03 Å². The highest BCUT2D eigenvalue weighted by Gasteiger charge is 2.22. The van der Waals surface area contributed by atoms with Crippen molar-refractivity contribution >= 4 is 23.4 Å². The van der Waals surface area contributed by atoms with Crippen LogP contribution in [0.2, 0.25) is 0 Å². The lowest BCUT2D eigenvalue weighted by Gasteiger charge is -2.17. The van der Waals surface area contributed by atoms with Crippen LogP contribution in [0.3, 0.4) is 0 Å². The van der Waals surface area contributed by atoms with E-state index in [1.165, 1.54) is 11.8 Å². The molecule has 1 N–H and O–H groups in total. The average Bonchev–Trinajstić information content (AvgIpc) is 2.43. The molecule has 0 saturated heterocycles. The first-order valence-electron chi connectivity index (χ1n) is 7.15. The van der Waals surface area contributed by atoms with Crippen LogP contribution in [0, 0.1) is 17.0 Å². The van der Waals surface area contributed by atoms with E-state index in [4.69, 9.17) is 0 Å². The molecule has 0 bridgehead atoms. The summed E-state index contributed by atoms with van der Waals surface area (Å²) >= 11 is 1.41. The Bertz CT molecular complexity index is 480. The van der Waals surface area contributed by atoms with Gasteiger partial charge in [-0.05, 0) is 26.9 Å². The zero-order chi connectivity index (χ0) is 15.8. The van der Waals surface area contributed by atoms with E-state index in [0.29, 0.717) is 23.2 Å². The van der Waals surface area contributed by atoms with E-state index in [-0.39, 0.29) is 5.69 Å². The van der Waals surface area contributed by atoms with Crippen molar-refractivity contribution in [3.05, 3.63) is 15.8 Å². The van der Waals surface area contributed by atoms with Crippen LogP contribution in [0.5, 0.6) is 0 Å². The second-order valence-electron chi connectivity index (χ2n) is 4.45. The molecule has 0 fully saturated rings. The molecule has 1 aromatic heterocycles. The minimum absolute atomic E-state index is 0.0150. The van der Waals surface area contributed by atoms with E-state index in [0.717, 1.165) is 25.4 Å². The van der Waals surface area contributed by atoms with Gasteiger partial charge in [0.2, 0.25) is 5.95 Å². The van der Waals surface area contributed by atoms with Crippen LogP contribution in [0.1, 0.15) is 26.5 Å². The van der Waals surface area contributed by atoms with E-state index in [1.807, 2.05) is 6.92 Å². The predicted octanol–water partition coefficient (Wildman–Crippen LogP) is 2.56. The number of nitrogens with one attached hydrogen (secondary N) is 1. The molecule has 0 aliphatic carbocycles. The fourth-order valence-electron chi connectivity index (χ4n) is 1.90. The van der Waals surface area contributed by atoms with Gasteiger partial charge in [-0.25, -0.2) is 4.98 Å². The molecule has 1 aromatic rings. The number of thioether (sulfide) groups is 1. The quantitative estimate of drug-likeness (QED) is 0.324. The molecule has 0 aliphatic heterocycles. The smallest absolute Gasteiger partial charge is 0.322 e. The largest absolute Gasteiger partial charge is 0.354 e. The SMILES string of the molecule is CCNc1nc(C)c([N+](=O)[O-])c(SCCN(CC)CC)n1. The number of hydrogen-bond acceptors (Lipinski definition) is 7. The molecule has 7 nitrogen and oxygen atoms in total. The summed E-state index contributed by atoms with van der Waals surface area (Å²) in [5.74, 6) is 1.22. The lowest BCUT2D eigenvalue weighted by atomic mass is 10.4. The third kappa shape index (κ3) is 5.13. The third-order valence-corrected chi connectivity index (χ3v) is 4.03. The molecule has 0 aromatic carbocycles. The zero-order valence-corrected chi connectivity index (χ0v) is 13.9. The van der Waals surface area contributed by atoms with E-state index in [9.17, 15) is 10.1 Å². The maximum absolute atomic E-state index is 11.2. The van der Waals surface area contributed by atoms with E-state index < -0.39 is 4.92 Å². The monoisotopic (exact) mass is 313 g/mol. The molecule has 21 heavy (non-hydrogen) atoms. The van der Waals surface area contributed by atoms with Crippen LogP contribution in [0.4, 0.5) is 11.6 Å². The van der Waals surface area contributed by atoms with Crippen molar-refractivity contribution in [2.24, 2.45) is 0 Å². The van der Waals surface area contributed by atoms with Gasteiger partial charge in [-0.1, -0.05) is 25.6 Å². The van der Waals surface area contributed by atoms with Gasteiger partial charge < -0.3 is 10.2 Å². The molecular weight excluding hydrogens is 290 g/mol. The Morgan fingerprint density at radius 3 is 2.48 bits per heavy atom. The van der Waals surface area contributed by atoms with Crippen LogP contribution < -0.4 is 5.32 Å². The van der Waals surface area contributed by atoms with E-state index in [2.05, 4.69) is 34.0 Å². The fraction of sp³-hybridized carbons (Fsp3) is 0.692. The first-order chi connectivity index (χ1) is 10.0. The molecule has 118 valence electrons. The van der Waals surface area contributed by atoms with E-state index in [1.54, 1.807) is 6.92 Å². The molecule has 0 saturated carbocycles. The Balaban J connectivity index is 2.89. The minimum atomic E-state index is -0.398. The molecule has 0 unspecified atom stereocenters. The number of anilines is 1. The Labute approximate surface area is 129 Å². The van der Waals surface area contributed by atoms with E-state index >= 15 is 0 Å². The minimum Gasteiger partial charge on any atom is -0.354 e. The summed E-state index contributed by atoms with van der Waals surface area (Å²) in [6, 6.07) is 0. The summed E-state index contributed by atoms with van der Waals surface area (Å²) in [4.78, 5) is 21.5. The molecule has 0 aliphatic rings. The average molecular weight is 313 g/mol. The van der Waals surface area contributed by atoms with Gasteiger partial charge in [-0.15, -0.1) is 0 Å². The summed E-state index contributed by atoms with van der Waals surface area (Å²) in [6.45, 7) is 11.3. The van der Waals surface area contributed by atoms with Crippen molar-refractivity contribution in [3.8, 4) is 0 Å². The number of nitrogens with zero attached hydrogens (tertiary/aromatic N) is 4. The van der Waals surface area contributed by atoms with Crippen molar-refractivity contribution in [3.63, 3.8) is 0 Å². The van der Waals surface area contributed by atoms with Gasteiger partial charge in [-0.2, -0.15) is 4.98 Å². The van der Waals surface area contributed by atoms with Crippen LogP contribution in [-0.2, 0) is 0 Å². The summed E-state index contributed by atoms with van der Waals surface area (Å²) in [6.07, 6.45) is 0. The molecule has 0 atom stereocenters. The first-order valence-corrected chi connectivity index (χ1v) is 8.14. The Hall–Kier alpha value is -1.41. The normalized spacial score (nSPS) is 10.9. The van der Waals surface area contributed by atoms with Gasteiger partial charge >= 0.3 is 5.69 Å². The van der Waals surface area contributed by atoms with Crippen molar-refractivity contribution in [1.29, 1.82) is 0 Å².